The van der Waals surface area contributed by atoms with E-state index in [2.05, 4.69) is 0 Å². The van der Waals surface area contributed by atoms with Gasteiger partial charge in [0.05, 0.1) is 11.6 Å². The molecule has 1 saturated heterocycles. The molecule has 5 nitrogen and oxygen atoms in total. The highest BCUT2D eigenvalue weighted by atomic mass is 16.2. The molecule has 0 radical (unpaired) electrons. The van der Waals surface area contributed by atoms with Crippen LogP contribution in [0.15, 0.2) is 24.3 Å². The number of carbonyl (C=O) groups excluding carboxylic acids is 2. The fourth-order valence-corrected chi connectivity index (χ4v) is 2.45. The first-order chi connectivity index (χ1) is 9.54. The van der Waals surface area contributed by atoms with E-state index >= 15 is 0 Å². The molecule has 0 saturated carbocycles. The van der Waals surface area contributed by atoms with Gasteiger partial charge >= 0.3 is 0 Å². The molecule has 1 atom stereocenters. The van der Waals surface area contributed by atoms with Gasteiger partial charge in [-0.1, -0.05) is 6.07 Å². The van der Waals surface area contributed by atoms with Gasteiger partial charge in [-0.3, -0.25) is 9.59 Å². The van der Waals surface area contributed by atoms with Gasteiger partial charge in [-0.2, -0.15) is 5.26 Å². The van der Waals surface area contributed by atoms with Crippen LogP contribution in [0.3, 0.4) is 0 Å². The third-order valence-corrected chi connectivity index (χ3v) is 3.48. The third kappa shape index (κ3) is 2.64. The van der Waals surface area contributed by atoms with Crippen LogP contribution in [0.5, 0.6) is 0 Å². The summed E-state index contributed by atoms with van der Waals surface area (Å²) in [5.41, 5.74) is 0.910. The highest BCUT2D eigenvalue weighted by Gasteiger charge is 2.35. The zero-order chi connectivity index (χ0) is 14.7. The van der Waals surface area contributed by atoms with Crippen molar-refractivity contribution in [1.29, 1.82) is 5.26 Å². The molecule has 2 rings (SSSR count). The fourth-order valence-electron chi connectivity index (χ4n) is 2.45. The van der Waals surface area contributed by atoms with Gasteiger partial charge in [-0.15, -0.1) is 0 Å². The lowest BCUT2D eigenvalue weighted by atomic mass is 10.1. The smallest absolute Gasteiger partial charge is 0.254 e. The number of hydrogen-bond donors (Lipinski definition) is 0. The Morgan fingerprint density at radius 2 is 2.15 bits per heavy atom. The molecule has 0 unspecified atom stereocenters. The molecule has 5 heteroatoms. The van der Waals surface area contributed by atoms with Crippen molar-refractivity contribution in [3.05, 3.63) is 35.4 Å². The van der Waals surface area contributed by atoms with Crippen LogP contribution in [0.4, 0.5) is 0 Å². The quantitative estimate of drug-likeness (QED) is 0.813. The van der Waals surface area contributed by atoms with Crippen molar-refractivity contribution in [3.8, 4) is 6.07 Å². The molecule has 104 valence electrons. The summed E-state index contributed by atoms with van der Waals surface area (Å²) in [6.45, 7) is 0.583. The van der Waals surface area contributed by atoms with Crippen LogP contribution in [0.1, 0.15) is 28.8 Å². The van der Waals surface area contributed by atoms with Crippen molar-refractivity contribution >= 4 is 11.8 Å². The zero-order valence-electron chi connectivity index (χ0n) is 11.7. The minimum absolute atomic E-state index is 0.0488. The van der Waals surface area contributed by atoms with Gasteiger partial charge in [0.25, 0.3) is 5.91 Å². The second kappa shape index (κ2) is 5.74. The Labute approximate surface area is 118 Å². The molecule has 0 N–H and O–H groups in total. The Hall–Kier alpha value is -2.35. The largest absolute Gasteiger partial charge is 0.347 e. The van der Waals surface area contributed by atoms with Crippen LogP contribution in [0.25, 0.3) is 0 Å². The van der Waals surface area contributed by atoms with Crippen molar-refractivity contribution in [1.82, 2.24) is 9.80 Å². The molecule has 20 heavy (non-hydrogen) atoms. The number of carbonyl (C=O) groups is 2. The lowest BCUT2D eigenvalue weighted by Gasteiger charge is -2.26. The lowest BCUT2D eigenvalue weighted by Crippen LogP contribution is -2.45. The van der Waals surface area contributed by atoms with Crippen molar-refractivity contribution in [3.63, 3.8) is 0 Å². The van der Waals surface area contributed by atoms with Crippen molar-refractivity contribution in [2.24, 2.45) is 0 Å². The topological polar surface area (TPSA) is 64.4 Å². The molecule has 0 spiro atoms. The van der Waals surface area contributed by atoms with Gasteiger partial charge in [0.1, 0.15) is 6.04 Å². The first-order valence-electron chi connectivity index (χ1n) is 6.57. The first-order valence-corrected chi connectivity index (χ1v) is 6.57. The molecule has 1 aliphatic heterocycles. The summed E-state index contributed by atoms with van der Waals surface area (Å²) < 4.78 is 0. The van der Waals surface area contributed by atoms with Crippen molar-refractivity contribution < 1.29 is 9.59 Å². The van der Waals surface area contributed by atoms with Crippen molar-refractivity contribution in [2.75, 3.05) is 20.6 Å². The summed E-state index contributed by atoms with van der Waals surface area (Å²) in [6.07, 6.45) is 1.52. The van der Waals surface area contributed by atoms with Gasteiger partial charge in [0.15, 0.2) is 0 Å². The number of likely N-dealkylation sites (tertiary alicyclic amines) is 1. The molecular weight excluding hydrogens is 254 g/mol. The minimum Gasteiger partial charge on any atom is -0.347 e. The highest BCUT2D eigenvalue weighted by Crippen LogP contribution is 2.21. The van der Waals surface area contributed by atoms with Crippen LogP contribution >= 0.6 is 0 Å². The summed E-state index contributed by atoms with van der Waals surface area (Å²) >= 11 is 0. The third-order valence-electron chi connectivity index (χ3n) is 3.48. The van der Waals surface area contributed by atoms with Crippen molar-refractivity contribution in [2.45, 2.75) is 18.9 Å². The second-order valence-electron chi connectivity index (χ2n) is 5.08. The van der Waals surface area contributed by atoms with Gasteiger partial charge in [0, 0.05) is 26.2 Å². The van der Waals surface area contributed by atoms with Crippen LogP contribution in [-0.4, -0.2) is 48.3 Å². The lowest BCUT2D eigenvalue weighted by molar-refractivity contribution is -0.132. The predicted molar refractivity (Wildman–Crippen MR) is 73.9 cm³/mol. The molecule has 2 amide bonds. The number of nitrogens with zero attached hydrogens (tertiary/aromatic N) is 3. The standard InChI is InChI=1S/C15H17N3O2/c1-17(2)15(20)13-7-4-8-18(13)14(19)12-6-3-5-11(9-12)10-16/h3,5-6,9,13H,4,7-8H2,1-2H3/t13-/m1/s1. The number of nitriles is 1. The Bertz CT molecular complexity index is 575. The summed E-state index contributed by atoms with van der Waals surface area (Å²) in [4.78, 5) is 27.7. The molecule has 0 aliphatic carbocycles. The molecule has 1 aromatic rings. The molecule has 0 aromatic heterocycles. The fraction of sp³-hybridized carbons (Fsp3) is 0.400. The zero-order valence-corrected chi connectivity index (χ0v) is 11.7. The van der Waals surface area contributed by atoms with Crippen LogP contribution in [0, 0.1) is 11.3 Å². The number of hydrogen-bond acceptors (Lipinski definition) is 3. The Kier molecular flexibility index (Phi) is 4.04. The summed E-state index contributed by atoms with van der Waals surface area (Å²) in [5, 5.41) is 8.89. The predicted octanol–water partition coefficient (Wildman–Crippen LogP) is 1.25. The summed E-state index contributed by atoms with van der Waals surface area (Å²) in [6, 6.07) is 8.22. The second-order valence-corrected chi connectivity index (χ2v) is 5.08. The van der Waals surface area contributed by atoms with Crippen LogP contribution in [-0.2, 0) is 4.79 Å². The van der Waals surface area contributed by atoms with E-state index in [9.17, 15) is 9.59 Å². The SMILES string of the molecule is CN(C)C(=O)[C@H]1CCCN1C(=O)c1cccc(C#N)c1. The maximum absolute atomic E-state index is 12.5. The van der Waals surface area contributed by atoms with E-state index in [1.165, 1.54) is 4.90 Å². The minimum atomic E-state index is -0.386. The Morgan fingerprint density at radius 3 is 2.80 bits per heavy atom. The van der Waals surface area contributed by atoms with E-state index in [0.29, 0.717) is 24.1 Å². The van der Waals surface area contributed by atoms with Gasteiger partial charge in [-0.05, 0) is 31.0 Å². The van der Waals surface area contributed by atoms with E-state index in [4.69, 9.17) is 5.26 Å². The van der Waals surface area contributed by atoms with Crippen LogP contribution in [0.2, 0.25) is 0 Å². The molecule has 1 aliphatic rings. The van der Waals surface area contributed by atoms with E-state index < -0.39 is 0 Å². The molecule has 1 aromatic carbocycles. The molecule has 1 heterocycles. The Balaban J connectivity index is 2.23. The summed E-state index contributed by atoms with van der Waals surface area (Å²) in [5.74, 6) is -0.230. The average Bonchev–Trinajstić information content (AvgIpc) is 2.94. The normalized spacial score (nSPS) is 17.6. The van der Waals surface area contributed by atoms with E-state index in [1.807, 2.05) is 6.07 Å². The van der Waals surface area contributed by atoms with Crippen LogP contribution < -0.4 is 0 Å². The van der Waals surface area contributed by atoms with Gasteiger partial charge < -0.3 is 9.80 Å². The maximum atomic E-state index is 12.5. The van der Waals surface area contributed by atoms with E-state index in [-0.39, 0.29) is 17.9 Å². The highest BCUT2D eigenvalue weighted by molar-refractivity contribution is 5.98. The number of benzene rings is 1. The molecular formula is C15H17N3O2. The Morgan fingerprint density at radius 1 is 1.40 bits per heavy atom. The van der Waals surface area contributed by atoms with Gasteiger partial charge in [0.2, 0.25) is 5.91 Å². The average molecular weight is 271 g/mol. The molecule has 0 bridgehead atoms. The maximum Gasteiger partial charge on any atom is 0.254 e. The van der Waals surface area contributed by atoms with E-state index in [0.717, 1.165) is 6.42 Å². The van der Waals surface area contributed by atoms with E-state index in [1.54, 1.807) is 43.3 Å². The first kappa shape index (κ1) is 14.1. The summed E-state index contributed by atoms with van der Waals surface area (Å²) in [7, 11) is 3.39. The monoisotopic (exact) mass is 271 g/mol. The molecule has 1 fully saturated rings. The number of amides is 2. The number of likely N-dealkylation sites (N-methyl/N-ethyl adjacent to an activating group) is 1. The number of rotatable bonds is 2. The van der Waals surface area contributed by atoms with Gasteiger partial charge in [-0.25, -0.2) is 0 Å².